The van der Waals surface area contributed by atoms with Crippen LogP contribution in [0, 0.1) is 5.92 Å². The lowest BCUT2D eigenvalue weighted by Gasteiger charge is -2.28. The van der Waals surface area contributed by atoms with Crippen LogP contribution < -0.4 is 0 Å². The van der Waals surface area contributed by atoms with Crippen LogP contribution in [-0.2, 0) is 4.79 Å². The SMILES string of the molecule is CC(C)CCN(C(=O)C(F)(F)C(F)(F)F)C1CC1. The van der Waals surface area contributed by atoms with Crippen molar-refractivity contribution in [3.05, 3.63) is 0 Å². The molecule has 0 unspecified atom stereocenters. The first-order chi connectivity index (χ1) is 8.07. The third-order valence-electron chi connectivity index (χ3n) is 2.82. The molecule has 0 atom stereocenters. The third kappa shape index (κ3) is 3.32. The van der Waals surface area contributed by atoms with E-state index in [-0.39, 0.29) is 12.5 Å². The third-order valence-corrected chi connectivity index (χ3v) is 2.82. The van der Waals surface area contributed by atoms with Crippen molar-refractivity contribution in [1.29, 1.82) is 0 Å². The summed E-state index contributed by atoms with van der Waals surface area (Å²) < 4.78 is 62.3. The number of hydrogen-bond donors (Lipinski definition) is 0. The maximum Gasteiger partial charge on any atom is 0.463 e. The van der Waals surface area contributed by atoms with E-state index < -0.39 is 24.0 Å². The summed E-state index contributed by atoms with van der Waals surface area (Å²) in [6.45, 7) is 3.59. The summed E-state index contributed by atoms with van der Waals surface area (Å²) in [5, 5.41) is 0. The quantitative estimate of drug-likeness (QED) is 0.704. The molecule has 0 aromatic rings. The Morgan fingerprint density at radius 3 is 2.06 bits per heavy atom. The van der Waals surface area contributed by atoms with Gasteiger partial charge in [-0.25, -0.2) is 0 Å². The molecule has 0 saturated heterocycles. The molecule has 0 bridgehead atoms. The van der Waals surface area contributed by atoms with Crippen molar-refractivity contribution in [3.63, 3.8) is 0 Å². The topological polar surface area (TPSA) is 20.3 Å². The Labute approximate surface area is 102 Å². The smallest absolute Gasteiger partial charge is 0.334 e. The summed E-state index contributed by atoms with van der Waals surface area (Å²) in [7, 11) is 0. The highest BCUT2D eigenvalue weighted by atomic mass is 19.4. The lowest BCUT2D eigenvalue weighted by molar-refractivity contribution is -0.274. The van der Waals surface area contributed by atoms with Gasteiger partial charge in [-0.2, -0.15) is 22.0 Å². The van der Waals surface area contributed by atoms with Crippen LogP contribution in [-0.4, -0.2) is 35.5 Å². The fourth-order valence-corrected chi connectivity index (χ4v) is 1.54. The molecule has 2 nitrogen and oxygen atoms in total. The van der Waals surface area contributed by atoms with Crippen LogP contribution in [0.1, 0.15) is 33.1 Å². The van der Waals surface area contributed by atoms with Gasteiger partial charge in [0.15, 0.2) is 0 Å². The van der Waals surface area contributed by atoms with E-state index in [1.807, 2.05) is 13.8 Å². The molecular weight excluding hydrogens is 257 g/mol. The van der Waals surface area contributed by atoms with Gasteiger partial charge < -0.3 is 4.90 Å². The van der Waals surface area contributed by atoms with Gasteiger partial charge in [0, 0.05) is 12.6 Å². The maximum atomic E-state index is 13.0. The summed E-state index contributed by atoms with van der Waals surface area (Å²) in [5.41, 5.74) is 0. The van der Waals surface area contributed by atoms with Crippen molar-refractivity contribution < 1.29 is 26.7 Å². The minimum absolute atomic E-state index is 0.0488. The molecule has 0 N–H and O–H groups in total. The standard InChI is InChI=1S/C11H16F5NO/c1-7(2)5-6-17(8-3-4-8)9(18)10(12,13)11(14,15)16/h7-8H,3-6H2,1-2H3. The number of halogens is 5. The molecule has 1 aliphatic rings. The molecule has 1 rings (SSSR count). The first-order valence-electron chi connectivity index (χ1n) is 5.83. The molecule has 0 spiro atoms. The lowest BCUT2D eigenvalue weighted by Crippen LogP contribution is -2.53. The van der Waals surface area contributed by atoms with Crippen LogP contribution >= 0.6 is 0 Å². The van der Waals surface area contributed by atoms with E-state index in [1.54, 1.807) is 0 Å². The van der Waals surface area contributed by atoms with Crippen LogP contribution in [0.3, 0.4) is 0 Å². The second-order valence-electron chi connectivity index (χ2n) is 4.98. The number of carbonyl (C=O) groups excluding carboxylic acids is 1. The summed E-state index contributed by atoms with van der Waals surface area (Å²) in [5.74, 6) is -7.26. The van der Waals surface area contributed by atoms with Crippen LogP contribution in [0.25, 0.3) is 0 Å². The van der Waals surface area contributed by atoms with E-state index in [4.69, 9.17) is 0 Å². The second-order valence-corrected chi connectivity index (χ2v) is 4.98. The zero-order valence-electron chi connectivity index (χ0n) is 10.2. The Morgan fingerprint density at radius 1 is 1.22 bits per heavy atom. The summed E-state index contributed by atoms with van der Waals surface area (Å²) in [4.78, 5) is 12.0. The van der Waals surface area contributed by atoms with E-state index in [2.05, 4.69) is 0 Å². The van der Waals surface area contributed by atoms with Gasteiger partial charge >= 0.3 is 18.0 Å². The summed E-state index contributed by atoms with van der Waals surface area (Å²) >= 11 is 0. The highest BCUT2D eigenvalue weighted by molar-refractivity contribution is 5.85. The van der Waals surface area contributed by atoms with Gasteiger partial charge in [-0.15, -0.1) is 0 Å². The minimum atomic E-state index is -5.82. The molecule has 0 aliphatic heterocycles. The molecule has 1 fully saturated rings. The van der Waals surface area contributed by atoms with Crippen LogP contribution in [0.2, 0.25) is 0 Å². The number of carbonyl (C=O) groups is 1. The fourth-order valence-electron chi connectivity index (χ4n) is 1.54. The molecule has 0 aromatic heterocycles. The van der Waals surface area contributed by atoms with Gasteiger partial charge in [0.2, 0.25) is 0 Å². The zero-order chi connectivity index (χ0) is 14.1. The van der Waals surface area contributed by atoms with Crippen LogP contribution in [0.15, 0.2) is 0 Å². The van der Waals surface area contributed by atoms with Crippen molar-refractivity contribution in [2.75, 3.05) is 6.54 Å². The normalized spacial score (nSPS) is 17.1. The molecule has 18 heavy (non-hydrogen) atoms. The molecule has 1 saturated carbocycles. The Bertz CT molecular complexity index is 309. The monoisotopic (exact) mass is 273 g/mol. The molecule has 0 heterocycles. The number of hydrogen-bond acceptors (Lipinski definition) is 1. The Hall–Kier alpha value is -0.880. The maximum absolute atomic E-state index is 13.0. The summed E-state index contributed by atoms with van der Waals surface area (Å²) in [6, 6.07) is -0.454. The van der Waals surface area contributed by atoms with Gasteiger partial charge in [0.05, 0.1) is 0 Å². The van der Waals surface area contributed by atoms with E-state index in [1.165, 1.54) is 0 Å². The molecule has 0 radical (unpaired) electrons. The molecule has 7 heteroatoms. The van der Waals surface area contributed by atoms with Gasteiger partial charge in [0.1, 0.15) is 0 Å². The highest BCUT2D eigenvalue weighted by Crippen LogP contribution is 2.39. The lowest BCUT2D eigenvalue weighted by atomic mass is 10.1. The largest absolute Gasteiger partial charge is 0.463 e. The number of rotatable bonds is 5. The van der Waals surface area contributed by atoms with E-state index >= 15 is 0 Å². The van der Waals surface area contributed by atoms with Gasteiger partial charge in [-0.05, 0) is 25.2 Å². The molecule has 106 valence electrons. The zero-order valence-corrected chi connectivity index (χ0v) is 10.2. The predicted octanol–water partition coefficient (Wildman–Crippen LogP) is 3.22. The van der Waals surface area contributed by atoms with Crippen molar-refractivity contribution in [1.82, 2.24) is 4.90 Å². The van der Waals surface area contributed by atoms with Crippen molar-refractivity contribution in [2.45, 2.75) is 51.3 Å². The number of nitrogens with zero attached hydrogens (tertiary/aromatic N) is 1. The highest BCUT2D eigenvalue weighted by Gasteiger charge is 2.65. The van der Waals surface area contributed by atoms with Crippen molar-refractivity contribution in [3.8, 4) is 0 Å². The first-order valence-corrected chi connectivity index (χ1v) is 5.83. The first kappa shape index (κ1) is 15.2. The van der Waals surface area contributed by atoms with Gasteiger partial charge in [0.25, 0.3) is 0 Å². The van der Waals surface area contributed by atoms with Gasteiger partial charge in [-0.3, -0.25) is 4.79 Å². The number of alkyl halides is 5. The Morgan fingerprint density at radius 2 is 1.72 bits per heavy atom. The average Bonchev–Trinajstić information content (AvgIpc) is 2.99. The molecule has 0 aromatic carbocycles. The Kier molecular flexibility index (Phi) is 4.23. The van der Waals surface area contributed by atoms with E-state index in [0.29, 0.717) is 24.2 Å². The van der Waals surface area contributed by atoms with Crippen molar-refractivity contribution in [2.24, 2.45) is 5.92 Å². The van der Waals surface area contributed by atoms with E-state index in [0.717, 1.165) is 0 Å². The Balaban J connectivity index is 2.76. The predicted molar refractivity (Wildman–Crippen MR) is 55.2 cm³/mol. The van der Waals surface area contributed by atoms with Crippen LogP contribution in [0.5, 0.6) is 0 Å². The average molecular weight is 273 g/mol. The minimum Gasteiger partial charge on any atom is -0.334 e. The van der Waals surface area contributed by atoms with Gasteiger partial charge in [-0.1, -0.05) is 13.8 Å². The molecule has 1 amide bonds. The van der Waals surface area contributed by atoms with Crippen molar-refractivity contribution >= 4 is 5.91 Å². The fraction of sp³-hybridized carbons (Fsp3) is 0.909. The van der Waals surface area contributed by atoms with Crippen LogP contribution in [0.4, 0.5) is 22.0 Å². The second kappa shape index (κ2) is 5.01. The molecular formula is C11H16F5NO. The molecule has 1 aliphatic carbocycles. The van der Waals surface area contributed by atoms with E-state index in [9.17, 15) is 26.7 Å². The summed E-state index contributed by atoms with van der Waals surface area (Å²) in [6.07, 6.45) is -4.42. The number of amides is 1.